The van der Waals surface area contributed by atoms with Crippen LogP contribution in [0.1, 0.15) is 16.1 Å². The number of anilines is 1. The number of nitrogens with one attached hydrogen (secondary N) is 1. The summed E-state index contributed by atoms with van der Waals surface area (Å²) in [6, 6.07) is 17.5. The normalized spacial score (nSPS) is 10.7. The predicted octanol–water partition coefficient (Wildman–Crippen LogP) is 4.67. The van der Waals surface area contributed by atoms with Crippen LogP contribution in [-0.4, -0.2) is 34.8 Å². The molecule has 0 unspecified atom stereocenters. The minimum atomic E-state index is -0.308. The number of nitrogens with zero attached hydrogens (tertiary/aromatic N) is 3. The van der Waals surface area contributed by atoms with Crippen molar-refractivity contribution in [2.24, 2.45) is 0 Å². The Kier molecular flexibility index (Phi) is 7.11. The molecule has 0 aliphatic heterocycles. The van der Waals surface area contributed by atoms with Gasteiger partial charge in [0.05, 0.1) is 29.8 Å². The van der Waals surface area contributed by atoms with Gasteiger partial charge in [-0.2, -0.15) is 0 Å². The third-order valence-electron chi connectivity index (χ3n) is 4.68. The van der Waals surface area contributed by atoms with Gasteiger partial charge in [0.2, 0.25) is 11.8 Å². The van der Waals surface area contributed by atoms with E-state index in [0.29, 0.717) is 33.5 Å². The summed E-state index contributed by atoms with van der Waals surface area (Å²) in [6.07, 6.45) is 1.54. The van der Waals surface area contributed by atoms with Gasteiger partial charge in [0.1, 0.15) is 5.76 Å². The van der Waals surface area contributed by atoms with Gasteiger partial charge in [-0.1, -0.05) is 41.6 Å². The Balaban J connectivity index is 1.39. The highest BCUT2D eigenvalue weighted by atomic mass is 35.5. The Labute approximate surface area is 198 Å². The lowest BCUT2D eigenvalue weighted by molar-refractivity contribution is -0.115. The summed E-state index contributed by atoms with van der Waals surface area (Å²) < 4.78 is 10.9. The highest BCUT2D eigenvalue weighted by Crippen LogP contribution is 2.26. The molecule has 0 radical (unpaired) electrons. The topological polar surface area (TPSA) is 101 Å². The first-order valence-electron chi connectivity index (χ1n) is 9.89. The fourth-order valence-electron chi connectivity index (χ4n) is 2.99. The number of amides is 2. The number of carbonyl (C=O) groups excluding carboxylic acids is 2. The van der Waals surface area contributed by atoms with Gasteiger partial charge >= 0.3 is 0 Å². The van der Waals surface area contributed by atoms with E-state index in [1.54, 1.807) is 74.0 Å². The molecule has 2 heterocycles. The molecule has 33 heavy (non-hydrogen) atoms. The second-order valence-electron chi connectivity index (χ2n) is 6.90. The molecular formula is C23H19ClN4O4S. The number of hydrogen-bond acceptors (Lipinski definition) is 7. The van der Waals surface area contributed by atoms with Crippen molar-refractivity contribution in [1.29, 1.82) is 0 Å². The summed E-state index contributed by atoms with van der Waals surface area (Å²) >= 11 is 7.12. The molecule has 0 atom stereocenters. The van der Waals surface area contributed by atoms with Gasteiger partial charge in [-0.05, 0) is 42.5 Å². The summed E-state index contributed by atoms with van der Waals surface area (Å²) in [5, 5.41) is 11.6. The van der Waals surface area contributed by atoms with Crippen molar-refractivity contribution in [1.82, 2.24) is 15.5 Å². The fourth-order valence-corrected chi connectivity index (χ4v) is 3.86. The number of hydrogen-bond donors (Lipinski definition) is 1. The number of furan rings is 1. The molecule has 2 aromatic heterocycles. The average Bonchev–Trinajstić information content (AvgIpc) is 3.53. The third-order valence-corrected chi connectivity index (χ3v) is 5.72. The molecule has 0 fully saturated rings. The molecule has 168 valence electrons. The first kappa shape index (κ1) is 22.6. The van der Waals surface area contributed by atoms with Crippen molar-refractivity contribution in [3.05, 3.63) is 83.3 Å². The number of thioether (sulfide) groups is 1. The molecule has 2 aromatic carbocycles. The van der Waals surface area contributed by atoms with Crippen LogP contribution in [0.25, 0.3) is 11.5 Å². The standard InChI is InChI=1S/C23H19ClN4O4S/c1-28(19-10-3-2-9-18(19)21(30)25-13-17-8-5-11-31-17)20(29)14-33-23-27-26-22(32-23)15-6-4-7-16(24)12-15/h2-12H,13-14H2,1H3,(H,25,30). The molecule has 10 heteroatoms. The molecular weight excluding hydrogens is 464 g/mol. The van der Waals surface area contributed by atoms with Crippen LogP contribution < -0.4 is 10.2 Å². The van der Waals surface area contributed by atoms with Crippen LogP contribution in [0.4, 0.5) is 5.69 Å². The molecule has 0 spiro atoms. The van der Waals surface area contributed by atoms with E-state index in [4.69, 9.17) is 20.4 Å². The molecule has 0 aliphatic rings. The Morgan fingerprint density at radius 3 is 2.73 bits per heavy atom. The van der Waals surface area contributed by atoms with Crippen LogP contribution in [0.2, 0.25) is 5.02 Å². The van der Waals surface area contributed by atoms with Crippen LogP contribution in [0, 0.1) is 0 Å². The lowest BCUT2D eigenvalue weighted by Crippen LogP contribution is -2.31. The van der Waals surface area contributed by atoms with E-state index < -0.39 is 0 Å². The minimum Gasteiger partial charge on any atom is -0.467 e. The molecule has 8 nitrogen and oxygen atoms in total. The molecule has 4 aromatic rings. The van der Waals surface area contributed by atoms with Gasteiger partial charge in [-0.25, -0.2) is 0 Å². The zero-order valence-corrected chi connectivity index (χ0v) is 19.1. The van der Waals surface area contributed by atoms with Gasteiger partial charge in [0.25, 0.3) is 11.1 Å². The van der Waals surface area contributed by atoms with Crippen LogP contribution >= 0.6 is 23.4 Å². The van der Waals surface area contributed by atoms with Crippen LogP contribution in [0.3, 0.4) is 0 Å². The van der Waals surface area contributed by atoms with Crippen LogP contribution in [0.15, 0.2) is 81.0 Å². The zero-order chi connectivity index (χ0) is 23.2. The monoisotopic (exact) mass is 482 g/mol. The lowest BCUT2D eigenvalue weighted by atomic mass is 10.1. The van der Waals surface area contributed by atoms with Crippen molar-refractivity contribution in [2.45, 2.75) is 11.8 Å². The van der Waals surface area contributed by atoms with Gasteiger partial charge in [0, 0.05) is 17.6 Å². The van der Waals surface area contributed by atoms with Crippen molar-refractivity contribution < 1.29 is 18.4 Å². The number of rotatable bonds is 8. The average molecular weight is 483 g/mol. The van der Waals surface area contributed by atoms with Gasteiger partial charge in [-0.15, -0.1) is 10.2 Å². The first-order chi connectivity index (χ1) is 16.0. The molecule has 2 amide bonds. The Morgan fingerprint density at radius 2 is 1.94 bits per heavy atom. The minimum absolute atomic E-state index is 0.0516. The highest BCUT2D eigenvalue weighted by Gasteiger charge is 2.20. The van der Waals surface area contributed by atoms with Crippen molar-refractivity contribution in [3.63, 3.8) is 0 Å². The van der Waals surface area contributed by atoms with E-state index in [1.807, 2.05) is 0 Å². The predicted molar refractivity (Wildman–Crippen MR) is 125 cm³/mol. The Hall–Kier alpha value is -3.56. The van der Waals surface area contributed by atoms with E-state index in [1.165, 1.54) is 4.90 Å². The second kappa shape index (κ2) is 10.4. The first-order valence-corrected chi connectivity index (χ1v) is 11.3. The molecule has 0 bridgehead atoms. The molecule has 0 saturated carbocycles. The van der Waals surface area contributed by atoms with E-state index in [9.17, 15) is 9.59 Å². The summed E-state index contributed by atoms with van der Waals surface area (Å²) in [7, 11) is 1.62. The maximum absolute atomic E-state index is 12.8. The summed E-state index contributed by atoms with van der Waals surface area (Å²) in [4.78, 5) is 26.9. The molecule has 4 rings (SSSR count). The van der Waals surface area contributed by atoms with Crippen molar-refractivity contribution in [2.75, 3.05) is 17.7 Å². The SMILES string of the molecule is CN(C(=O)CSc1nnc(-c2cccc(Cl)c2)o1)c1ccccc1C(=O)NCc1ccco1. The van der Waals surface area contributed by atoms with Crippen molar-refractivity contribution >= 4 is 40.9 Å². The van der Waals surface area contributed by atoms with Crippen molar-refractivity contribution in [3.8, 4) is 11.5 Å². The maximum Gasteiger partial charge on any atom is 0.277 e. The second-order valence-corrected chi connectivity index (χ2v) is 8.27. The number of halogens is 1. The number of aromatic nitrogens is 2. The third kappa shape index (κ3) is 5.63. The molecule has 0 saturated heterocycles. The lowest BCUT2D eigenvalue weighted by Gasteiger charge is -2.20. The van der Waals surface area contributed by atoms with Gasteiger partial charge in [0.15, 0.2) is 0 Å². The fraction of sp³-hybridized carbons (Fsp3) is 0.130. The maximum atomic E-state index is 12.8. The molecule has 0 aliphatic carbocycles. The largest absolute Gasteiger partial charge is 0.467 e. The molecule has 1 N–H and O–H groups in total. The Bertz CT molecular complexity index is 1260. The number of carbonyl (C=O) groups is 2. The number of benzene rings is 2. The van der Waals surface area contributed by atoms with Crippen LogP contribution in [0.5, 0.6) is 0 Å². The zero-order valence-electron chi connectivity index (χ0n) is 17.5. The summed E-state index contributed by atoms with van der Waals surface area (Å²) in [5.41, 5.74) is 1.57. The Morgan fingerprint density at radius 1 is 1.09 bits per heavy atom. The van der Waals surface area contributed by atoms with Gasteiger partial charge in [-0.3, -0.25) is 9.59 Å². The number of para-hydroxylation sites is 1. The van der Waals surface area contributed by atoms with E-state index in [-0.39, 0.29) is 29.3 Å². The van der Waals surface area contributed by atoms with E-state index in [2.05, 4.69) is 15.5 Å². The quantitative estimate of drug-likeness (QED) is 0.364. The summed E-state index contributed by atoms with van der Waals surface area (Å²) in [6.45, 7) is 0.250. The van der Waals surface area contributed by atoms with E-state index in [0.717, 1.165) is 11.8 Å². The highest BCUT2D eigenvalue weighted by molar-refractivity contribution is 7.99. The smallest absolute Gasteiger partial charge is 0.277 e. The summed E-state index contributed by atoms with van der Waals surface area (Å²) in [5.74, 6) is 0.472. The van der Waals surface area contributed by atoms with Crippen LogP contribution in [-0.2, 0) is 11.3 Å². The van der Waals surface area contributed by atoms with Gasteiger partial charge < -0.3 is 19.1 Å². The van der Waals surface area contributed by atoms with E-state index >= 15 is 0 Å².